The number of nitrogens with zero attached hydrogens (tertiary/aromatic N) is 4. The summed E-state index contributed by atoms with van der Waals surface area (Å²) in [6, 6.07) is -0.623. The fraction of sp³-hybridized carbons (Fsp3) is 0.759. The number of ether oxygens (including phenoxy) is 1. The van der Waals surface area contributed by atoms with Crippen LogP contribution in [0.4, 0.5) is 10.6 Å². The predicted molar refractivity (Wildman–Crippen MR) is 161 cm³/mol. The van der Waals surface area contributed by atoms with Gasteiger partial charge in [-0.15, -0.1) is 0 Å². The number of piperidine rings is 1. The molecule has 0 aromatic carbocycles. The summed E-state index contributed by atoms with van der Waals surface area (Å²) in [5, 5.41) is 13.3. The van der Waals surface area contributed by atoms with E-state index in [4.69, 9.17) is 4.74 Å². The number of nitrogens with one attached hydrogen (secondary N) is 1. The average molecular weight is 612 g/mol. The summed E-state index contributed by atoms with van der Waals surface area (Å²) in [5.41, 5.74) is -2.31. The molecule has 1 aromatic heterocycles. The highest BCUT2D eigenvalue weighted by atomic mass is 32.2. The van der Waals surface area contributed by atoms with Crippen LogP contribution in [0.1, 0.15) is 91.3 Å². The second-order valence-corrected chi connectivity index (χ2v) is 16.3. The van der Waals surface area contributed by atoms with Crippen LogP contribution in [0, 0.1) is 11.3 Å². The standard InChI is InChI=1S/C29H49N5O7S/c1-19(2)16-34(20-14-29(9,25(36)37)18-33(17-20)26(38)41-28(6,7)8)23(35)21-15-31-24(27(3,4)5)32-22(21)30-12-11-13-42(10,39)40/h15,19-20H,11-14,16-18H2,1-10H3,(H,36,37)(H,30,31,32)/t20-,29+/m0/s1. The zero-order chi connectivity index (χ0) is 32.3. The summed E-state index contributed by atoms with van der Waals surface area (Å²) < 4.78 is 28.8. The van der Waals surface area contributed by atoms with E-state index < -0.39 is 50.3 Å². The van der Waals surface area contributed by atoms with Gasteiger partial charge in [-0.05, 0) is 46.5 Å². The van der Waals surface area contributed by atoms with Crippen molar-refractivity contribution in [1.29, 1.82) is 0 Å². The molecule has 0 spiro atoms. The van der Waals surface area contributed by atoms with Gasteiger partial charge in [-0.2, -0.15) is 0 Å². The summed E-state index contributed by atoms with van der Waals surface area (Å²) >= 11 is 0. The van der Waals surface area contributed by atoms with Crippen molar-refractivity contribution in [2.45, 2.75) is 92.2 Å². The minimum absolute atomic E-state index is 0.0175. The number of aromatic nitrogens is 2. The minimum atomic E-state index is -3.16. The number of carboxylic acid groups (broad SMARTS) is 1. The molecular weight excluding hydrogens is 562 g/mol. The van der Waals surface area contributed by atoms with Gasteiger partial charge in [-0.25, -0.2) is 23.2 Å². The Morgan fingerprint density at radius 1 is 1.21 bits per heavy atom. The fourth-order valence-electron chi connectivity index (χ4n) is 4.74. The van der Waals surface area contributed by atoms with E-state index in [0.29, 0.717) is 18.8 Å². The third kappa shape index (κ3) is 10.1. The molecule has 2 atom stereocenters. The van der Waals surface area contributed by atoms with Crippen molar-refractivity contribution < 1.29 is 32.6 Å². The van der Waals surface area contributed by atoms with Crippen LogP contribution in [0.2, 0.25) is 0 Å². The highest BCUT2D eigenvalue weighted by molar-refractivity contribution is 7.90. The molecule has 2 amide bonds. The number of carbonyl (C=O) groups excluding carboxylic acids is 2. The highest BCUT2D eigenvalue weighted by Crippen LogP contribution is 2.34. The van der Waals surface area contributed by atoms with Gasteiger partial charge in [0.15, 0.2) is 0 Å². The summed E-state index contributed by atoms with van der Waals surface area (Å²) in [6.07, 6.45) is 2.46. The number of aliphatic carboxylic acids is 1. The lowest BCUT2D eigenvalue weighted by Gasteiger charge is -2.46. The molecule has 0 unspecified atom stereocenters. The third-order valence-corrected chi connectivity index (χ3v) is 7.79. The van der Waals surface area contributed by atoms with Crippen molar-refractivity contribution in [2.75, 3.05) is 43.5 Å². The molecule has 1 aliphatic rings. The molecule has 0 aliphatic carbocycles. The van der Waals surface area contributed by atoms with E-state index in [2.05, 4.69) is 15.3 Å². The van der Waals surface area contributed by atoms with Crippen LogP contribution in [0.3, 0.4) is 0 Å². The molecule has 13 heteroatoms. The summed E-state index contributed by atoms with van der Waals surface area (Å²) in [4.78, 5) is 51.9. The fourth-order valence-corrected chi connectivity index (χ4v) is 5.41. The van der Waals surface area contributed by atoms with Gasteiger partial charge in [-0.3, -0.25) is 9.59 Å². The van der Waals surface area contributed by atoms with E-state index in [9.17, 15) is 27.9 Å². The van der Waals surface area contributed by atoms with Crippen molar-refractivity contribution in [3.8, 4) is 0 Å². The number of likely N-dealkylation sites (tertiary alicyclic amines) is 1. The van der Waals surface area contributed by atoms with Crippen LogP contribution in [0.15, 0.2) is 6.20 Å². The molecule has 1 aromatic rings. The van der Waals surface area contributed by atoms with Crippen LogP contribution in [-0.2, 0) is 24.8 Å². The largest absolute Gasteiger partial charge is 0.481 e. The first-order valence-corrected chi connectivity index (χ1v) is 16.4. The van der Waals surface area contributed by atoms with Gasteiger partial charge >= 0.3 is 12.1 Å². The lowest BCUT2D eigenvalue weighted by atomic mass is 9.79. The molecule has 0 saturated carbocycles. The van der Waals surface area contributed by atoms with E-state index in [1.165, 1.54) is 17.4 Å². The van der Waals surface area contributed by atoms with Crippen molar-refractivity contribution in [3.63, 3.8) is 0 Å². The van der Waals surface area contributed by atoms with Crippen molar-refractivity contribution in [3.05, 3.63) is 17.6 Å². The molecular formula is C29H49N5O7S. The topological polar surface area (TPSA) is 159 Å². The Kier molecular flexibility index (Phi) is 11.0. The SMILES string of the molecule is CC(C)CN(C(=O)c1cnc(C(C)(C)C)nc1NCCCS(C)(=O)=O)[C@@H]1CN(C(=O)OC(C)(C)C)C[C@](C)(C(=O)O)C1. The second-order valence-electron chi connectivity index (χ2n) is 14.1. The Hall–Kier alpha value is -2.96. The number of amides is 2. The van der Waals surface area contributed by atoms with Gasteiger partial charge in [0, 0.05) is 44.0 Å². The molecule has 238 valence electrons. The van der Waals surface area contributed by atoms with Gasteiger partial charge in [0.1, 0.15) is 32.6 Å². The summed E-state index contributed by atoms with van der Waals surface area (Å²) in [5.74, 6) is -0.670. The highest BCUT2D eigenvalue weighted by Gasteiger charge is 2.47. The van der Waals surface area contributed by atoms with Crippen LogP contribution < -0.4 is 5.32 Å². The van der Waals surface area contributed by atoms with Gasteiger partial charge < -0.3 is 25.0 Å². The third-order valence-electron chi connectivity index (χ3n) is 6.76. The lowest BCUT2D eigenvalue weighted by Crippen LogP contribution is -2.60. The van der Waals surface area contributed by atoms with E-state index >= 15 is 0 Å². The van der Waals surface area contributed by atoms with E-state index in [-0.39, 0.29) is 49.1 Å². The molecule has 1 fully saturated rings. The van der Waals surface area contributed by atoms with Crippen LogP contribution in [-0.4, -0.2) is 101 Å². The molecule has 1 saturated heterocycles. The average Bonchev–Trinajstić information content (AvgIpc) is 2.82. The monoisotopic (exact) mass is 611 g/mol. The Balaban J connectivity index is 2.53. The molecule has 1 aliphatic heterocycles. The van der Waals surface area contributed by atoms with E-state index in [1.54, 1.807) is 32.6 Å². The quantitative estimate of drug-likeness (QED) is 0.373. The molecule has 0 bridgehead atoms. The minimum Gasteiger partial charge on any atom is -0.481 e. The number of carboxylic acids is 1. The molecule has 2 rings (SSSR count). The zero-order valence-corrected chi connectivity index (χ0v) is 27.6. The Morgan fingerprint density at radius 2 is 1.83 bits per heavy atom. The molecule has 2 N–H and O–H groups in total. The maximum atomic E-state index is 14.3. The van der Waals surface area contributed by atoms with E-state index in [1.807, 2.05) is 34.6 Å². The number of sulfone groups is 1. The van der Waals surface area contributed by atoms with Crippen LogP contribution in [0.25, 0.3) is 0 Å². The summed E-state index contributed by atoms with van der Waals surface area (Å²) in [6.45, 7) is 17.2. The normalized spacial score (nSPS) is 19.9. The maximum Gasteiger partial charge on any atom is 0.410 e. The number of anilines is 1. The first-order chi connectivity index (χ1) is 19.0. The Labute approximate surface area is 250 Å². The smallest absolute Gasteiger partial charge is 0.410 e. The van der Waals surface area contributed by atoms with Crippen molar-refractivity contribution in [2.24, 2.45) is 11.3 Å². The van der Waals surface area contributed by atoms with Crippen LogP contribution >= 0.6 is 0 Å². The first kappa shape index (κ1) is 35.2. The molecule has 42 heavy (non-hydrogen) atoms. The zero-order valence-electron chi connectivity index (χ0n) is 26.8. The number of rotatable bonds is 10. The first-order valence-electron chi connectivity index (χ1n) is 14.3. The number of hydrogen-bond donors (Lipinski definition) is 2. The maximum absolute atomic E-state index is 14.3. The van der Waals surface area contributed by atoms with Gasteiger partial charge in [-0.1, -0.05) is 34.6 Å². The molecule has 12 nitrogen and oxygen atoms in total. The lowest BCUT2D eigenvalue weighted by molar-refractivity contribution is -0.152. The van der Waals surface area contributed by atoms with Gasteiger partial charge in [0.2, 0.25) is 0 Å². The van der Waals surface area contributed by atoms with Crippen LogP contribution in [0.5, 0.6) is 0 Å². The van der Waals surface area contributed by atoms with Gasteiger partial charge in [0.05, 0.1) is 17.2 Å². The molecule has 0 radical (unpaired) electrons. The van der Waals surface area contributed by atoms with Crippen molar-refractivity contribution in [1.82, 2.24) is 19.8 Å². The van der Waals surface area contributed by atoms with Crippen molar-refractivity contribution >= 4 is 33.6 Å². The predicted octanol–water partition coefficient (Wildman–Crippen LogP) is 3.82. The summed E-state index contributed by atoms with van der Waals surface area (Å²) in [7, 11) is -3.16. The Bertz CT molecular complexity index is 1250. The Morgan fingerprint density at radius 3 is 2.33 bits per heavy atom. The van der Waals surface area contributed by atoms with E-state index in [0.717, 1.165) is 0 Å². The second kappa shape index (κ2) is 13.1. The molecule has 2 heterocycles. The van der Waals surface area contributed by atoms with Gasteiger partial charge in [0.25, 0.3) is 5.91 Å². The number of hydrogen-bond acceptors (Lipinski definition) is 9. The number of carbonyl (C=O) groups is 3.